The third-order valence-electron chi connectivity index (χ3n) is 7.35. The molecule has 3 heteroatoms. The van der Waals surface area contributed by atoms with Gasteiger partial charge in [-0.05, 0) is 69.2 Å². The van der Waals surface area contributed by atoms with Crippen LogP contribution in [0.15, 0.2) is 65.0 Å². The highest BCUT2D eigenvalue weighted by atomic mass is 16.5. The molecule has 0 heterocycles. The second kappa shape index (κ2) is 7.36. The number of hydrogen-bond donors (Lipinski definition) is 0. The molecule has 1 spiro atoms. The van der Waals surface area contributed by atoms with Crippen LogP contribution in [-0.2, 0) is 9.47 Å². The van der Waals surface area contributed by atoms with E-state index in [1.165, 1.54) is 44.1 Å². The van der Waals surface area contributed by atoms with E-state index in [1.54, 1.807) is 11.1 Å². The molecule has 1 aromatic carbocycles. The predicted molar refractivity (Wildman–Crippen MR) is 115 cm³/mol. The van der Waals surface area contributed by atoms with Crippen LogP contribution in [0, 0.1) is 11.3 Å². The van der Waals surface area contributed by atoms with Crippen molar-refractivity contribution in [2.24, 2.45) is 11.3 Å². The van der Waals surface area contributed by atoms with E-state index >= 15 is 0 Å². The Bertz CT molecular complexity index is 865. The van der Waals surface area contributed by atoms with Crippen molar-refractivity contribution in [3.63, 3.8) is 0 Å². The van der Waals surface area contributed by atoms with Crippen LogP contribution < -0.4 is 4.74 Å². The first kappa shape index (κ1) is 19.0. The lowest BCUT2D eigenvalue weighted by Gasteiger charge is -2.58. The van der Waals surface area contributed by atoms with E-state index in [0.29, 0.717) is 19.1 Å². The number of benzene rings is 1. The van der Waals surface area contributed by atoms with E-state index < -0.39 is 5.60 Å². The summed E-state index contributed by atoms with van der Waals surface area (Å²) in [5.74, 6) is 2.50. The van der Waals surface area contributed by atoms with Crippen LogP contribution in [0.2, 0.25) is 0 Å². The highest BCUT2D eigenvalue weighted by Crippen LogP contribution is 2.74. The van der Waals surface area contributed by atoms with Gasteiger partial charge in [0.05, 0.1) is 18.6 Å². The van der Waals surface area contributed by atoms with Gasteiger partial charge in [0.25, 0.3) is 0 Å². The Balaban J connectivity index is 1.67. The minimum absolute atomic E-state index is 0.00987. The Hall–Kier alpha value is -2.00. The molecule has 154 valence electrons. The fourth-order valence-electron chi connectivity index (χ4n) is 6.43. The molecule has 0 bridgehead atoms. The van der Waals surface area contributed by atoms with E-state index in [4.69, 9.17) is 14.2 Å². The molecule has 4 aliphatic carbocycles. The zero-order valence-corrected chi connectivity index (χ0v) is 17.7. The van der Waals surface area contributed by atoms with Gasteiger partial charge in [-0.25, -0.2) is 0 Å². The average molecular weight is 393 g/mol. The Kier molecular flexibility index (Phi) is 4.82. The molecule has 3 nitrogen and oxygen atoms in total. The zero-order valence-electron chi connectivity index (χ0n) is 17.7. The second-order valence-electron chi connectivity index (χ2n) is 8.66. The maximum Gasteiger partial charge on any atom is 0.165 e. The fourth-order valence-corrected chi connectivity index (χ4v) is 6.43. The van der Waals surface area contributed by atoms with Gasteiger partial charge in [0.15, 0.2) is 5.60 Å². The van der Waals surface area contributed by atoms with Gasteiger partial charge in [-0.3, -0.25) is 0 Å². The van der Waals surface area contributed by atoms with Crippen LogP contribution in [0.1, 0.15) is 52.4 Å². The van der Waals surface area contributed by atoms with Crippen LogP contribution in [0.5, 0.6) is 5.75 Å². The van der Waals surface area contributed by atoms with E-state index in [1.807, 2.05) is 6.07 Å². The molecular weight excluding hydrogens is 360 g/mol. The molecule has 1 fully saturated rings. The molecule has 0 unspecified atom stereocenters. The summed E-state index contributed by atoms with van der Waals surface area (Å²) in [4.78, 5) is 0. The molecule has 0 N–H and O–H groups in total. The molecular formula is C26H32O3. The normalized spacial score (nSPS) is 32.4. The van der Waals surface area contributed by atoms with E-state index in [0.717, 1.165) is 18.1 Å². The fraction of sp³-hybridized carbons (Fsp3) is 0.538. The molecule has 0 aromatic heterocycles. The van der Waals surface area contributed by atoms with Crippen molar-refractivity contribution in [1.29, 1.82) is 0 Å². The topological polar surface area (TPSA) is 27.7 Å². The Labute approximate surface area is 174 Å². The van der Waals surface area contributed by atoms with Crippen molar-refractivity contribution in [2.45, 2.75) is 58.0 Å². The minimum atomic E-state index is -0.437. The molecule has 1 saturated carbocycles. The number of para-hydroxylation sites is 1. The van der Waals surface area contributed by atoms with Gasteiger partial charge in [0.2, 0.25) is 0 Å². The van der Waals surface area contributed by atoms with Crippen molar-refractivity contribution < 1.29 is 14.2 Å². The third kappa shape index (κ3) is 2.59. The summed E-state index contributed by atoms with van der Waals surface area (Å²) in [7, 11) is 0. The van der Waals surface area contributed by atoms with Gasteiger partial charge in [-0.2, -0.15) is 0 Å². The maximum absolute atomic E-state index is 6.92. The summed E-state index contributed by atoms with van der Waals surface area (Å²) < 4.78 is 19.1. The molecule has 0 saturated heterocycles. The summed E-state index contributed by atoms with van der Waals surface area (Å²) in [6.07, 6.45) is 12.0. The molecule has 0 aliphatic heterocycles. The largest absolute Gasteiger partial charge is 0.498 e. The smallest absolute Gasteiger partial charge is 0.165 e. The van der Waals surface area contributed by atoms with E-state index in [2.05, 4.69) is 50.3 Å². The molecule has 4 aliphatic rings. The van der Waals surface area contributed by atoms with Crippen molar-refractivity contribution in [1.82, 2.24) is 0 Å². The molecule has 0 radical (unpaired) electrons. The first-order valence-electron chi connectivity index (χ1n) is 11.4. The summed E-state index contributed by atoms with van der Waals surface area (Å²) in [5.41, 5.74) is 4.00. The first-order valence-corrected chi connectivity index (χ1v) is 11.4. The standard InChI is InChI=1S/C26H32O3/c1-3-27-18-22-24(19-11-8-9-12-19)25-16-10-15-21(25)23(28-4-2)17-26(22,25)29-20-13-6-5-7-14-20/h5-7,11,13-14,17,21H,3-4,8-10,12,15-16,18H2,1-2H3/t21-,25-,26-/m1/s1. The highest BCUT2D eigenvalue weighted by molar-refractivity contribution is 5.66. The monoisotopic (exact) mass is 392 g/mol. The summed E-state index contributed by atoms with van der Waals surface area (Å²) in [5, 5.41) is 0. The predicted octanol–water partition coefficient (Wildman–Crippen LogP) is 5.98. The average Bonchev–Trinajstić information content (AvgIpc) is 3.45. The number of allylic oxidation sites excluding steroid dienone is 3. The highest BCUT2D eigenvalue weighted by Gasteiger charge is 2.74. The van der Waals surface area contributed by atoms with Gasteiger partial charge in [-0.15, -0.1) is 0 Å². The van der Waals surface area contributed by atoms with Crippen molar-refractivity contribution in [3.05, 3.63) is 65.0 Å². The van der Waals surface area contributed by atoms with Gasteiger partial charge in [0.1, 0.15) is 11.5 Å². The Morgan fingerprint density at radius 3 is 2.66 bits per heavy atom. The second-order valence-corrected chi connectivity index (χ2v) is 8.66. The molecule has 5 rings (SSSR count). The number of rotatable bonds is 8. The van der Waals surface area contributed by atoms with Gasteiger partial charge in [0, 0.05) is 24.2 Å². The van der Waals surface area contributed by atoms with Gasteiger partial charge >= 0.3 is 0 Å². The lowest BCUT2D eigenvalue weighted by molar-refractivity contribution is -0.0224. The van der Waals surface area contributed by atoms with Crippen LogP contribution in [-0.4, -0.2) is 25.4 Å². The number of ether oxygens (including phenoxy) is 3. The van der Waals surface area contributed by atoms with Crippen molar-refractivity contribution in [2.75, 3.05) is 19.8 Å². The summed E-state index contributed by atoms with van der Waals surface area (Å²) in [6, 6.07) is 10.3. The summed E-state index contributed by atoms with van der Waals surface area (Å²) >= 11 is 0. The molecule has 1 aromatic rings. The Morgan fingerprint density at radius 1 is 1.07 bits per heavy atom. The maximum atomic E-state index is 6.92. The minimum Gasteiger partial charge on any atom is -0.498 e. The molecule has 0 amide bonds. The SMILES string of the molecule is CCOCC1=C(C2=CCCC2)[C@@]23CCC[C@@H]2C(OCC)=C[C@@]13Oc1ccccc1. The third-order valence-corrected chi connectivity index (χ3v) is 7.35. The number of hydrogen-bond acceptors (Lipinski definition) is 3. The quantitative estimate of drug-likeness (QED) is 0.544. The van der Waals surface area contributed by atoms with E-state index in [9.17, 15) is 0 Å². The van der Waals surface area contributed by atoms with Crippen LogP contribution >= 0.6 is 0 Å². The Morgan fingerprint density at radius 2 is 1.93 bits per heavy atom. The molecule has 3 atom stereocenters. The van der Waals surface area contributed by atoms with Crippen LogP contribution in [0.25, 0.3) is 0 Å². The van der Waals surface area contributed by atoms with Crippen molar-refractivity contribution >= 4 is 0 Å². The lowest BCUT2D eigenvalue weighted by Crippen LogP contribution is -2.62. The molecule has 29 heavy (non-hydrogen) atoms. The van der Waals surface area contributed by atoms with E-state index in [-0.39, 0.29) is 5.41 Å². The van der Waals surface area contributed by atoms with Gasteiger partial charge < -0.3 is 14.2 Å². The van der Waals surface area contributed by atoms with Crippen molar-refractivity contribution in [3.8, 4) is 5.75 Å². The lowest BCUT2D eigenvalue weighted by atomic mass is 9.50. The zero-order chi connectivity index (χ0) is 19.9. The first-order chi connectivity index (χ1) is 14.3. The summed E-state index contributed by atoms with van der Waals surface area (Å²) in [6.45, 7) is 6.22. The van der Waals surface area contributed by atoms with Crippen LogP contribution in [0.4, 0.5) is 0 Å². The van der Waals surface area contributed by atoms with Gasteiger partial charge in [-0.1, -0.05) is 30.7 Å². The van der Waals surface area contributed by atoms with Crippen LogP contribution in [0.3, 0.4) is 0 Å².